The summed E-state index contributed by atoms with van der Waals surface area (Å²) in [5, 5.41) is 12.3. The number of carboxylic acid groups (broad SMARTS) is 1. The van der Waals surface area contributed by atoms with Crippen LogP contribution in [0.1, 0.15) is 16.9 Å². The van der Waals surface area contributed by atoms with Gasteiger partial charge in [-0.2, -0.15) is 0 Å². The van der Waals surface area contributed by atoms with Crippen LogP contribution >= 0.6 is 0 Å². The van der Waals surface area contributed by atoms with Crippen LogP contribution in [-0.4, -0.2) is 27.2 Å². The van der Waals surface area contributed by atoms with E-state index in [-0.39, 0.29) is 5.69 Å². The molecular weight excluding hydrogens is 230 g/mol. The van der Waals surface area contributed by atoms with E-state index in [1.54, 1.807) is 0 Å². The molecule has 2 aromatic rings. The number of anilines is 1. The Hall–Kier alpha value is -2.30. The highest BCUT2D eigenvalue weighted by molar-refractivity contribution is 5.92. The van der Waals surface area contributed by atoms with E-state index in [2.05, 4.69) is 10.3 Å². The minimum atomic E-state index is -0.990. The lowest BCUT2D eigenvalue weighted by Gasteiger charge is -2.18. The van der Waals surface area contributed by atoms with Crippen LogP contribution in [0, 0.1) is 0 Å². The summed E-state index contributed by atoms with van der Waals surface area (Å²) < 4.78 is 1.95. The molecule has 1 aromatic carbocycles. The number of fused-ring (bicyclic) bond motifs is 1. The Balaban J connectivity index is 2.18. The zero-order valence-corrected chi connectivity index (χ0v) is 9.76. The van der Waals surface area contributed by atoms with E-state index < -0.39 is 5.97 Å². The molecule has 0 radical (unpaired) electrons. The van der Waals surface area contributed by atoms with E-state index in [1.807, 2.05) is 34.9 Å². The molecule has 0 bridgehead atoms. The zero-order chi connectivity index (χ0) is 12.5. The molecule has 1 aliphatic rings. The number of carbonyl (C=O) groups is 1. The molecule has 18 heavy (non-hydrogen) atoms. The van der Waals surface area contributed by atoms with Gasteiger partial charge in [-0.25, -0.2) is 9.78 Å². The van der Waals surface area contributed by atoms with Crippen LogP contribution in [0.3, 0.4) is 0 Å². The van der Waals surface area contributed by atoms with Gasteiger partial charge in [0.05, 0.1) is 0 Å². The van der Waals surface area contributed by atoms with Crippen molar-refractivity contribution in [2.45, 2.75) is 13.0 Å². The summed E-state index contributed by atoms with van der Waals surface area (Å²) in [5.74, 6) is 0.345. The molecule has 0 saturated heterocycles. The Morgan fingerprint density at radius 1 is 1.33 bits per heavy atom. The average molecular weight is 243 g/mol. The summed E-state index contributed by atoms with van der Waals surface area (Å²) in [4.78, 5) is 15.5. The van der Waals surface area contributed by atoms with Crippen molar-refractivity contribution >= 4 is 11.8 Å². The number of hydrogen-bond acceptors (Lipinski definition) is 3. The lowest BCUT2D eigenvalue weighted by atomic mass is 10.2. The van der Waals surface area contributed by atoms with E-state index in [0.29, 0.717) is 5.82 Å². The molecule has 5 heteroatoms. The van der Waals surface area contributed by atoms with Crippen molar-refractivity contribution in [1.82, 2.24) is 9.55 Å². The fourth-order valence-corrected chi connectivity index (χ4v) is 2.25. The maximum Gasteiger partial charge on any atom is 0.358 e. The topological polar surface area (TPSA) is 67.1 Å². The van der Waals surface area contributed by atoms with Gasteiger partial charge in [-0.05, 0) is 6.42 Å². The Morgan fingerprint density at radius 2 is 2.11 bits per heavy atom. The predicted octanol–water partition coefficient (Wildman–Crippen LogP) is 2.06. The van der Waals surface area contributed by atoms with Crippen LogP contribution in [0.2, 0.25) is 0 Å². The van der Waals surface area contributed by atoms with Gasteiger partial charge in [0, 0.05) is 18.7 Å². The van der Waals surface area contributed by atoms with Gasteiger partial charge in [0.1, 0.15) is 11.6 Å². The Kier molecular flexibility index (Phi) is 2.51. The first-order valence-electron chi connectivity index (χ1n) is 5.90. The average Bonchev–Trinajstić information content (AvgIpc) is 2.79. The van der Waals surface area contributed by atoms with Crippen molar-refractivity contribution < 1.29 is 9.90 Å². The third-order valence-electron chi connectivity index (χ3n) is 3.05. The number of carboxylic acids is 1. The first kappa shape index (κ1) is 10.8. The van der Waals surface area contributed by atoms with Crippen molar-refractivity contribution in [3.05, 3.63) is 36.0 Å². The number of aromatic carboxylic acids is 1. The fraction of sp³-hybridized carbons (Fsp3) is 0.231. The van der Waals surface area contributed by atoms with Gasteiger partial charge in [-0.1, -0.05) is 30.3 Å². The standard InChI is InChI=1S/C13H13N3O2/c17-13(18)10-12-14-7-4-8-16(12)11(15-10)9-5-2-1-3-6-9/h1-3,5-6,14H,4,7-8H2,(H,17,18). The van der Waals surface area contributed by atoms with Crippen molar-refractivity contribution in [2.75, 3.05) is 11.9 Å². The second-order valence-corrected chi connectivity index (χ2v) is 4.24. The summed E-state index contributed by atoms with van der Waals surface area (Å²) >= 11 is 0. The van der Waals surface area contributed by atoms with E-state index in [4.69, 9.17) is 0 Å². The van der Waals surface area contributed by atoms with Crippen LogP contribution < -0.4 is 5.32 Å². The summed E-state index contributed by atoms with van der Waals surface area (Å²) in [6.07, 6.45) is 0.974. The van der Waals surface area contributed by atoms with Crippen LogP contribution in [-0.2, 0) is 6.54 Å². The second-order valence-electron chi connectivity index (χ2n) is 4.24. The highest BCUT2D eigenvalue weighted by Crippen LogP contribution is 2.28. The minimum Gasteiger partial charge on any atom is -0.476 e. The summed E-state index contributed by atoms with van der Waals surface area (Å²) in [6.45, 7) is 1.59. The normalized spacial score (nSPS) is 13.8. The molecule has 5 nitrogen and oxygen atoms in total. The molecule has 3 rings (SSSR count). The number of imidazole rings is 1. The van der Waals surface area contributed by atoms with Crippen molar-refractivity contribution in [2.24, 2.45) is 0 Å². The molecule has 0 spiro atoms. The first-order chi connectivity index (χ1) is 8.77. The smallest absolute Gasteiger partial charge is 0.358 e. The number of benzene rings is 1. The number of aromatic nitrogens is 2. The molecule has 0 saturated carbocycles. The highest BCUT2D eigenvalue weighted by atomic mass is 16.4. The third kappa shape index (κ3) is 1.64. The lowest BCUT2D eigenvalue weighted by Crippen LogP contribution is -2.19. The Bertz CT molecular complexity index is 590. The maximum atomic E-state index is 11.2. The first-order valence-corrected chi connectivity index (χ1v) is 5.90. The predicted molar refractivity (Wildman–Crippen MR) is 67.7 cm³/mol. The number of rotatable bonds is 2. The molecule has 0 aliphatic carbocycles. The van der Waals surface area contributed by atoms with Gasteiger partial charge in [-0.15, -0.1) is 0 Å². The Labute approximate surface area is 104 Å². The summed E-state index contributed by atoms with van der Waals surface area (Å²) in [7, 11) is 0. The van der Waals surface area contributed by atoms with E-state index in [0.717, 1.165) is 30.9 Å². The van der Waals surface area contributed by atoms with Crippen LogP contribution in [0.5, 0.6) is 0 Å². The van der Waals surface area contributed by atoms with Gasteiger partial charge < -0.3 is 15.0 Å². The fourth-order valence-electron chi connectivity index (χ4n) is 2.25. The van der Waals surface area contributed by atoms with Gasteiger partial charge in [0.25, 0.3) is 0 Å². The van der Waals surface area contributed by atoms with E-state index >= 15 is 0 Å². The molecule has 2 heterocycles. The van der Waals surface area contributed by atoms with E-state index in [1.165, 1.54) is 0 Å². The quantitative estimate of drug-likeness (QED) is 0.847. The monoisotopic (exact) mass is 243 g/mol. The van der Waals surface area contributed by atoms with Gasteiger partial charge in [0.15, 0.2) is 5.69 Å². The number of nitrogens with zero attached hydrogens (tertiary/aromatic N) is 2. The maximum absolute atomic E-state index is 11.2. The third-order valence-corrected chi connectivity index (χ3v) is 3.05. The van der Waals surface area contributed by atoms with Crippen molar-refractivity contribution in [3.63, 3.8) is 0 Å². The molecule has 0 atom stereocenters. The molecule has 0 fully saturated rings. The van der Waals surface area contributed by atoms with Crippen molar-refractivity contribution in [3.8, 4) is 11.4 Å². The van der Waals surface area contributed by atoms with E-state index in [9.17, 15) is 9.90 Å². The molecule has 1 aliphatic heterocycles. The minimum absolute atomic E-state index is 0.105. The largest absolute Gasteiger partial charge is 0.476 e. The van der Waals surface area contributed by atoms with Crippen molar-refractivity contribution in [1.29, 1.82) is 0 Å². The molecule has 2 N–H and O–H groups in total. The van der Waals surface area contributed by atoms with Crippen LogP contribution in [0.15, 0.2) is 30.3 Å². The van der Waals surface area contributed by atoms with Gasteiger partial charge in [0.2, 0.25) is 0 Å². The number of nitrogens with one attached hydrogen (secondary N) is 1. The second kappa shape index (κ2) is 4.18. The number of hydrogen-bond donors (Lipinski definition) is 2. The Morgan fingerprint density at radius 3 is 2.83 bits per heavy atom. The molecular formula is C13H13N3O2. The highest BCUT2D eigenvalue weighted by Gasteiger charge is 2.24. The van der Waals surface area contributed by atoms with Crippen LogP contribution in [0.25, 0.3) is 11.4 Å². The summed E-state index contributed by atoms with van der Waals surface area (Å²) in [5.41, 5.74) is 1.04. The SMILES string of the molecule is O=C(O)c1nc(-c2ccccc2)n2c1NCCC2. The molecule has 1 aromatic heterocycles. The van der Waals surface area contributed by atoms with Gasteiger partial charge in [-0.3, -0.25) is 0 Å². The summed E-state index contributed by atoms with van der Waals surface area (Å²) in [6, 6.07) is 9.66. The lowest BCUT2D eigenvalue weighted by molar-refractivity contribution is 0.0692. The molecule has 92 valence electrons. The molecule has 0 unspecified atom stereocenters. The zero-order valence-electron chi connectivity index (χ0n) is 9.76. The van der Waals surface area contributed by atoms with Gasteiger partial charge >= 0.3 is 5.97 Å². The van der Waals surface area contributed by atoms with Crippen LogP contribution in [0.4, 0.5) is 5.82 Å². The molecule has 0 amide bonds.